The van der Waals surface area contributed by atoms with E-state index in [0.29, 0.717) is 10.9 Å². The van der Waals surface area contributed by atoms with Crippen molar-refractivity contribution in [3.05, 3.63) is 50.7 Å². The average molecular weight is 414 g/mol. The van der Waals surface area contributed by atoms with Gasteiger partial charge in [0.1, 0.15) is 0 Å². The molecule has 1 heterocycles. The fraction of sp³-hybridized carbons (Fsp3) is 0.294. The number of benzene rings is 1. The number of hydrogen-bond acceptors (Lipinski definition) is 4. The number of halogens is 1. The molecule has 1 aromatic heterocycles. The van der Waals surface area contributed by atoms with Crippen molar-refractivity contribution in [3.63, 3.8) is 0 Å². The SMILES string of the molecule is CCc1cccc(C)c1NC(=S)NNC(=O)CSCc1ccc(Cl)s1. The first-order valence-electron chi connectivity index (χ1n) is 7.76. The molecule has 3 N–H and O–H groups in total. The molecule has 0 saturated carbocycles. The number of para-hydroxylation sites is 1. The highest BCUT2D eigenvalue weighted by Gasteiger charge is 2.07. The first-order valence-corrected chi connectivity index (χ1v) is 10.5. The van der Waals surface area contributed by atoms with Crippen LogP contribution < -0.4 is 16.2 Å². The summed E-state index contributed by atoms with van der Waals surface area (Å²) in [5.74, 6) is 0.976. The second kappa shape index (κ2) is 10.0. The van der Waals surface area contributed by atoms with Crippen LogP contribution in [-0.2, 0) is 17.0 Å². The molecule has 1 aromatic carbocycles. The van der Waals surface area contributed by atoms with Gasteiger partial charge in [0.15, 0.2) is 5.11 Å². The number of nitrogens with one attached hydrogen (secondary N) is 3. The van der Waals surface area contributed by atoms with Crippen LogP contribution in [0.5, 0.6) is 0 Å². The first kappa shape index (κ1) is 20.0. The number of anilines is 1. The molecule has 0 radical (unpaired) electrons. The minimum Gasteiger partial charge on any atom is -0.331 e. The van der Waals surface area contributed by atoms with Gasteiger partial charge in [-0.05, 0) is 48.8 Å². The number of hydrazine groups is 1. The van der Waals surface area contributed by atoms with Gasteiger partial charge in [-0.25, -0.2) is 0 Å². The van der Waals surface area contributed by atoms with Crippen molar-refractivity contribution in [2.24, 2.45) is 0 Å². The number of thioether (sulfide) groups is 1. The van der Waals surface area contributed by atoms with Crippen LogP contribution in [0.15, 0.2) is 30.3 Å². The van der Waals surface area contributed by atoms with E-state index < -0.39 is 0 Å². The maximum absolute atomic E-state index is 11.9. The molecule has 0 fully saturated rings. The van der Waals surface area contributed by atoms with Gasteiger partial charge in [0.2, 0.25) is 5.91 Å². The van der Waals surface area contributed by atoms with E-state index >= 15 is 0 Å². The van der Waals surface area contributed by atoms with Crippen molar-refractivity contribution >= 4 is 63.6 Å². The van der Waals surface area contributed by atoms with Gasteiger partial charge < -0.3 is 5.32 Å². The summed E-state index contributed by atoms with van der Waals surface area (Å²) in [5, 5.41) is 3.52. The predicted molar refractivity (Wildman–Crippen MR) is 114 cm³/mol. The molecule has 25 heavy (non-hydrogen) atoms. The highest BCUT2D eigenvalue weighted by molar-refractivity contribution is 7.99. The number of amides is 1. The molecule has 134 valence electrons. The van der Waals surface area contributed by atoms with Gasteiger partial charge in [-0.3, -0.25) is 15.6 Å². The fourth-order valence-corrected chi connectivity index (χ4v) is 4.36. The number of carbonyl (C=O) groups is 1. The molecule has 1 amide bonds. The summed E-state index contributed by atoms with van der Waals surface area (Å²) >= 11 is 14.2. The molecule has 0 aliphatic rings. The summed E-state index contributed by atoms with van der Waals surface area (Å²) in [7, 11) is 0. The quantitative estimate of drug-likeness (QED) is 0.480. The lowest BCUT2D eigenvalue weighted by atomic mass is 10.1. The van der Waals surface area contributed by atoms with E-state index in [-0.39, 0.29) is 5.91 Å². The fourth-order valence-electron chi connectivity index (χ4n) is 2.18. The molecule has 0 atom stereocenters. The summed E-state index contributed by atoms with van der Waals surface area (Å²) in [4.78, 5) is 13.0. The van der Waals surface area contributed by atoms with Crippen LogP contribution >= 0.6 is 46.9 Å². The van der Waals surface area contributed by atoms with Gasteiger partial charge in [-0.2, -0.15) is 0 Å². The maximum atomic E-state index is 11.9. The van der Waals surface area contributed by atoms with Crippen molar-refractivity contribution < 1.29 is 4.79 Å². The third-order valence-corrected chi connectivity index (χ3v) is 6.00. The normalized spacial score (nSPS) is 10.4. The van der Waals surface area contributed by atoms with Crippen LogP contribution in [0.25, 0.3) is 0 Å². The molecule has 0 aliphatic heterocycles. The summed E-state index contributed by atoms with van der Waals surface area (Å²) in [6.07, 6.45) is 0.905. The number of rotatable bonds is 6. The van der Waals surface area contributed by atoms with E-state index in [1.807, 2.05) is 31.2 Å². The molecule has 0 unspecified atom stereocenters. The molecular formula is C17H20ClN3OS3. The molecule has 0 bridgehead atoms. The van der Waals surface area contributed by atoms with Crippen LogP contribution in [0.3, 0.4) is 0 Å². The van der Waals surface area contributed by atoms with Crippen LogP contribution in [0.2, 0.25) is 4.34 Å². The number of hydrogen-bond donors (Lipinski definition) is 3. The zero-order valence-electron chi connectivity index (χ0n) is 14.0. The lowest BCUT2D eigenvalue weighted by molar-refractivity contribution is -0.119. The molecule has 2 rings (SSSR count). The molecule has 2 aromatic rings. The van der Waals surface area contributed by atoms with Crippen molar-refractivity contribution in [1.82, 2.24) is 10.9 Å². The van der Waals surface area contributed by atoms with Gasteiger partial charge in [0.25, 0.3) is 0 Å². The highest BCUT2D eigenvalue weighted by Crippen LogP contribution is 2.25. The Bertz CT molecular complexity index is 748. The summed E-state index contributed by atoms with van der Waals surface area (Å²) in [6, 6.07) is 9.95. The number of aryl methyl sites for hydroxylation is 2. The summed E-state index contributed by atoms with van der Waals surface area (Å²) < 4.78 is 0.765. The summed E-state index contributed by atoms with van der Waals surface area (Å²) in [6.45, 7) is 4.12. The Morgan fingerprint density at radius 1 is 1.28 bits per heavy atom. The van der Waals surface area contributed by atoms with E-state index in [9.17, 15) is 4.79 Å². The number of thiophene rings is 1. The monoisotopic (exact) mass is 413 g/mol. The third-order valence-electron chi connectivity index (χ3n) is 3.40. The van der Waals surface area contributed by atoms with Crippen molar-refractivity contribution in [1.29, 1.82) is 0 Å². The van der Waals surface area contributed by atoms with Gasteiger partial charge >= 0.3 is 0 Å². The first-order chi connectivity index (χ1) is 12.0. The van der Waals surface area contributed by atoms with E-state index in [4.69, 9.17) is 23.8 Å². The van der Waals surface area contributed by atoms with Crippen molar-refractivity contribution in [3.8, 4) is 0 Å². The minimum absolute atomic E-state index is 0.127. The van der Waals surface area contributed by atoms with Crippen LogP contribution in [-0.4, -0.2) is 16.8 Å². The molecular weight excluding hydrogens is 394 g/mol. The Kier molecular flexibility index (Phi) is 8.02. The topological polar surface area (TPSA) is 53.2 Å². The van der Waals surface area contributed by atoms with Crippen LogP contribution in [0, 0.1) is 6.92 Å². The van der Waals surface area contributed by atoms with E-state index in [1.165, 1.54) is 28.7 Å². The zero-order chi connectivity index (χ0) is 18.2. The third kappa shape index (κ3) is 6.51. The Labute approximate surface area is 166 Å². The van der Waals surface area contributed by atoms with Crippen LogP contribution in [0.4, 0.5) is 5.69 Å². The average Bonchev–Trinajstić information content (AvgIpc) is 3.00. The lowest BCUT2D eigenvalue weighted by Crippen LogP contribution is -2.44. The van der Waals surface area contributed by atoms with Crippen LogP contribution in [0.1, 0.15) is 22.9 Å². The van der Waals surface area contributed by atoms with Gasteiger partial charge in [-0.1, -0.05) is 36.7 Å². The van der Waals surface area contributed by atoms with Crippen molar-refractivity contribution in [2.75, 3.05) is 11.1 Å². The Balaban J connectivity index is 1.73. The van der Waals surface area contributed by atoms with Gasteiger partial charge in [0, 0.05) is 16.3 Å². The largest absolute Gasteiger partial charge is 0.331 e. The zero-order valence-corrected chi connectivity index (χ0v) is 17.2. The predicted octanol–water partition coefficient (Wildman–Crippen LogP) is 4.52. The van der Waals surface area contributed by atoms with E-state index in [1.54, 1.807) is 0 Å². The highest BCUT2D eigenvalue weighted by atomic mass is 35.5. The Hall–Kier alpha value is -1.28. The lowest BCUT2D eigenvalue weighted by Gasteiger charge is -2.16. The smallest absolute Gasteiger partial charge is 0.248 e. The standard InChI is InChI=1S/C17H20ClN3OS3/c1-3-12-6-4-5-11(2)16(12)19-17(23)21-20-15(22)10-24-9-13-7-8-14(18)25-13/h4-8H,3,9-10H2,1-2H3,(H,20,22)(H2,19,21,23). The van der Waals surface area contributed by atoms with Crippen molar-refractivity contribution in [2.45, 2.75) is 26.0 Å². The molecule has 4 nitrogen and oxygen atoms in total. The molecule has 0 saturated heterocycles. The van der Waals surface area contributed by atoms with Gasteiger partial charge in [-0.15, -0.1) is 23.1 Å². The Morgan fingerprint density at radius 2 is 2.08 bits per heavy atom. The molecule has 8 heteroatoms. The Morgan fingerprint density at radius 3 is 2.76 bits per heavy atom. The van der Waals surface area contributed by atoms with E-state index in [0.717, 1.165) is 32.6 Å². The minimum atomic E-state index is -0.127. The summed E-state index contributed by atoms with van der Waals surface area (Å²) in [5.41, 5.74) is 8.65. The second-order valence-corrected chi connectivity index (χ2v) is 8.48. The van der Waals surface area contributed by atoms with Gasteiger partial charge in [0.05, 0.1) is 10.1 Å². The number of carbonyl (C=O) groups excluding carboxylic acids is 1. The maximum Gasteiger partial charge on any atom is 0.248 e. The number of thiocarbonyl (C=S) groups is 1. The second-order valence-electron chi connectivity index (χ2n) is 5.29. The van der Waals surface area contributed by atoms with E-state index in [2.05, 4.69) is 29.2 Å². The molecule has 0 spiro atoms. The molecule has 0 aliphatic carbocycles.